The molecule has 1 heterocycles. The Bertz CT molecular complexity index is 503. The van der Waals surface area contributed by atoms with Crippen LogP contribution in [0.25, 0.3) is 0 Å². The number of carbonyl (C=O) groups is 1. The highest BCUT2D eigenvalue weighted by molar-refractivity contribution is 5.71. The number of hydrogen-bond acceptors (Lipinski definition) is 8. The van der Waals surface area contributed by atoms with Crippen LogP contribution >= 0.6 is 0 Å². The minimum Gasteiger partial charge on any atom is -0.465 e. The molecule has 2 rings (SSSR count). The Labute approximate surface area is 124 Å². The third-order valence-electron chi connectivity index (χ3n) is 3.13. The second-order valence-electron chi connectivity index (χ2n) is 5.25. The van der Waals surface area contributed by atoms with E-state index in [0.717, 1.165) is 12.8 Å². The normalized spacial score (nSPS) is 14.3. The van der Waals surface area contributed by atoms with Crippen molar-refractivity contribution in [1.29, 1.82) is 0 Å². The van der Waals surface area contributed by atoms with Crippen LogP contribution in [0.1, 0.15) is 25.6 Å². The van der Waals surface area contributed by atoms with E-state index in [0.29, 0.717) is 31.0 Å². The molecule has 21 heavy (non-hydrogen) atoms. The van der Waals surface area contributed by atoms with E-state index in [4.69, 9.17) is 10.5 Å². The number of ether oxygens (including phenoxy) is 1. The number of nitrogens with two attached hydrogens (primary N) is 1. The van der Waals surface area contributed by atoms with Gasteiger partial charge in [-0.1, -0.05) is 0 Å². The summed E-state index contributed by atoms with van der Waals surface area (Å²) in [6.07, 6.45) is 2.17. The summed E-state index contributed by atoms with van der Waals surface area (Å²) in [6, 6.07) is 0.398. The lowest BCUT2D eigenvalue weighted by atomic mass is 10.4. The Balaban J connectivity index is 2.08. The van der Waals surface area contributed by atoms with Crippen molar-refractivity contribution in [2.75, 3.05) is 37.9 Å². The number of rotatable bonds is 7. The fourth-order valence-corrected chi connectivity index (χ4v) is 2.00. The second-order valence-corrected chi connectivity index (χ2v) is 5.25. The number of aromatic nitrogens is 3. The summed E-state index contributed by atoms with van der Waals surface area (Å²) in [5.74, 6) is 1.06. The van der Waals surface area contributed by atoms with E-state index in [1.54, 1.807) is 11.8 Å². The predicted octanol–water partition coefficient (Wildman–Crippen LogP) is 0.0473. The molecule has 0 bridgehead atoms. The van der Waals surface area contributed by atoms with Crippen LogP contribution in [-0.4, -0.2) is 59.1 Å². The van der Waals surface area contributed by atoms with Crippen LogP contribution in [0.5, 0.6) is 0 Å². The fourth-order valence-electron chi connectivity index (χ4n) is 2.00. The average molecular weight is 294 g/mol. The molecule has 0 aromatic carbocycles. The predicted molar refractivity (Wildman–Crippen MR) is 78.6 cm³/mol. The first-order valence-corrected chi connectivity index (χ1v) is 7.07. The van der Waals surface area contributed by atoms with Gasteiger partial charge < -0.3 is 15.4 Å². The van der Waals surface area contributed by atoms with Gasteiger partial charge in [0.2, 0.25) is 11.9 Å². The Morgan fingerprint density at radius 3 is 2.62 bits per heavy atom. The molecule has 1 aromatic heterocycles. The van der Waals surface area contributed by atoms with Crippen molar-refractivity contribution in [3.8, 4) is 0 Å². The fraction of sp³-hybridized carbons (Fsp3) is 0.692. The zero-order valence-electron chi connectivity index (χ0n) is 12.7. The highest BCUT2D eigenvalue weighted by Gasteiger charge is 2.31. The molecule has 1 aliphatic rings. The van der Waals surface area contributed by atoms with Crippen molar-refractivity contribution in [3.05, 3.63) is 5.82 Å². The monoisotopic (exact) mass is 294 g/mol. The highest BCUT2D eigenvalue weighted by atomic mass is 16.5. The maximum Gasteiger partial charge on any atom is 0.320 e. The first-order chi connectivity index (χ1) is 9.99. The van der Waals surface area contributed by atoms with Crippen LogP contribution < -0.4 is 10.6 Å². The van der Waals surface area contributed by atoms with Crippen molar-refractivity contribution >= 4 is 17.9 Å². The lowest BCUT2D eigenvalue weighted by Crippen LogP contribution is -2.33. The molecule has 0 radical (unpaired) electrons. The summed E-state index contributed by atoms with van der Waals surface area (Å²) < 4.78 is 5.01. The maximum absolute atomic E-state index is 11.7. The molecule has 8 heteroatoms. The lowest BCUT2D eigenvalue weighted by molar-refractivity contribution is -0.144. The molecule has 1 fully saturated rings. The number of esters is 1. The molecule has 0 spiro atoms. The molecular weight excluding hydrogens is 272 g/mol. The topological polar surface area (TPSA) is 97.5 Å². The van der Waals surface area contributed by atoms with E-state index in [2.05, 4.69) is 15.0 Å². The van der Waals surface area contributed by atoms with Crippen molar-refractivity contribution in [3.63, 3.8) is 0 Å². The van der Waals surface area contributed by atoms with Crippen molar-refractivity contribution in [2.45, 2.75) is 32.4 Å². The Morgan fingerprint density at radius 2 is 2.05 bits per heavy atom. The van der Waals surface area contributed by atoms with Crippen LogP contribution in [0.3, 0.4) is 0 Å². The number of anilines is 2. The zero-order valence-corrected chi connectivity index (χ0v) is 12.7. The number of hydrogen-bond donors (Lipinski definition) is 1. The quantitative estimate of drug-likeness (QED) is 0.704. The molecule has 1 aliphatic carbocycles. The van der Waals surface area contributed by atoms with Gasteiger partial charge in [0.05, 0.1) is 19.7 Å². The molecule has 1 saturated carbocycles. The van der Waals surface area contributed by atoms with Crippen molar-refractivity contribution < 1.29 is 9.53 Å². The number of nitrogen functional groups attached to an aromatic ring is 1. The molecular formula is C13H22N6O2. The van der Waals surface area contributed by atoms with Gasteiger partial charge in [0.15, 0.2) is 0 Å². The summed E-state index contributed by atoms with van der Waals surface area (Å²) in [7, 11) is 3.69. The summed E-state index contributed by atoms with van der Waals surface area (Å²) in [4.78, 5) is 28.1. The van der Waals surface area contributed by atoms with Gasteiger partial charge in [0.25, 0.3) is 0 Å². The molecule has 0 atom stereocenters. The minimum atomic E-state index is -0.223. The van der Waals surface area contributed by atoms with E-state index in [9.17, 15) is 4.79 Å². The summed E-state index contributed by atoms with van der Waals surface area (Å²) in [5.41, 5.74) is 5.71. The molecule has 8 nitrogen and oxygen atoms in total. The van der Waals surface area contributed by atoms with E-state index in [1.165, 1.54) is 0 Å². The van der Waals surface area contributed by atoms with Crippen LogP contribution in [0.4, 0.5) is 11.9 Å². The van der Waals surface area contributed by atoms with Gasteiger partial charge in [-0.05, 0) is 19.8 Å². The Morgan fingerprint density at radius 1 is 1.33 bits per heavy atom. The summed E-state index contributed by atoms with van der Waals surface area (Å²) in [5, 5.41) is 0. The Hall–Kier alpha value is -1.96. The Kier molecular flexibility index (Phi) is 4.89. The molecule has 0 unspecified atom stereocenters. The second kappa shape index (κ2) is 6.66. The summed E-state index contributed by atoms with van der Waals surface area (Å²) in [6.45, 7) is 2.91. The summed E-state index contributed by atoms with van der Waals surface area (Å²) >= 11 is 0. The van der Waals surface area contributed by atoms with Crippen LogP contribution in [-0.2, 0) is 16.1 Å². The standard InChI is InChI=1S/C13H22N6O2/c1-4-21-11(20)8-19(9-5-6-9)7-10-15-12(14)17-13(16-10)18(2)3/h9H,4-8H2,1-3H3,(H2,14,15,16,17). The largest absolute Gasteiger partial charge is 0.465 e. The first-order valence-electron chi connectivity index (χ1n) is 7.07. The number of carbonyl (C=O) groups excluding carboxylic acids is 1. The van der Waals surface area contributed by atoms with Crippen LogP contribution in [0, 0.1) is 0 Å². The SMILES string of the molecule is CCOC(=O)CN(Cc1nc(N)nc(N(C)C)n1)C1CC1. The van der Waals surface area contributed by atoms with E-state index in [-0.39, 0.29) is 18.5 Å². The van der Waals surface area contributed by atoms with E-state index >= 15 is 0 Å². The van der Waals surface area contributed by atoms with Crippen LogP contribution in [0.2, 0.25) is 0 Å². The zero-order chi connectivity index (χ0) is 15.4. The van der Waals surface area contributed by atoms with E-state index < -0.39 is 0 Å². The molecule has 0 amide bonds. The average Bonchev–Trinajstić information content (AvgIpc) is 3.21. The smallest absolute Gasteiger partial charge is 0.320 e. The molecule has 116 valence electrons. The first kappa shape index (κ1) is 15.4. The maximum atomic E-state index is 11.7. The van der Waals surface area contributed by atoms with Gasteiger partial charge in [0, 0.05) is 20.1 Å². The third-order valence-corrected chi connectivity index (χ3v) is 3.13. The van der Waals surface area contributed by atoms with Gasteiger partial charge in [-0.25, -0.2) is 0 Å². The third kappa shape index (κ3) is 4.52. The van der Waals surface area contributed by atoms with Gasteiger partial charge in [-0.15, -0.1) is 0 Å². The van der Waals surface area contributed by atoms with Gasteiger partial charge >= 0.3 is 5.97 Å². The highest BCUT2D eigenvalue weighted by Crippen LogP contribution is 2.27. The molecule has 2 N–H and O–H groups in total. The van der Waals surface area contributed by atoms with Crippen molar-refractivity contribution in [2.24, 2.45) is 0 Å². The van der Waals surface area contributed by atoms with Crippen molar-refractivity contribution in [1.82, 2.24) is 19.9 Å². The van der Waals surface area contributed by atoms with Gasteiger partial charge in [0.1, 0.15) is 5.82 Å². The molecule has 0 saturated heterocycles. The number of nitrogens with zero attached hydrogens (tertiary/aromatic N) is 5. The van der Waals surface area contributed by atoms with Crippen LogP contribution in [0.15, 0.2) is 0 Å². The van der Waals surface area contributed by atoms with Gasteiger partial charge in [-0.3, -0.25) is 9.69 Å². The van der Waals surface area contributed by atoms with Gasteiger partial charge in [-0.2, -0.15) is 15.0 Å². The molecule has 1 aromatic rings. The molecule has 0 aliphatic heterocycles. The lowest BCUT2D eigenvalue weighted by Gasteiger charge is -2.20. The van der Waals surface area contributed by atoms with E-state index in [1.807, 2.05) is 19.0 Å². The minimum absolute atomic E-state index is 0.190.